The Morgan fingerprint density at radius 2 is 2.56 bits per heavy atom. The summed E-state index contributed by atoms with van der Waals surface area (Å²) in [6, 6.07) is 2.07. The normalized spacial score (nSPS) is 24.9. The molecule has 0 amide bonds. The van der Waals surface area contributed by atoms with Gasteiger partial charge in [0.05, 0.1) is 30.2 Å². The number of hydrogen-bond acceptors (Lipinski definition) is 5. The molecule has 0 aliphatic carbocycles. The number of carbonyl (C=O) groups is 1. The third-order valence-corrected chi connectivity index (χ3v) is 2.75. The topological polar surface area (TPSA) is 93.9 Å². The fourth-order valence-electron chi connectivity index (χ4n) is 1.81. The highest BCUT2D eigenvalue weighted by Crippen LogP contribution is 2.26. The molecule has 1 aromatic heterocycles. The van der Waals surface area contributed by atoms with Gasteiger partial charge in [-0.15, -0.1) is 0 Å². The molecule has 2 unspecified atom stereocenters. The van der Waals surface area contributed by atoms with Gasteiger partial charge in [-0.1, -0.05) is 0 Å². The van der Waals surface area contributed by atoms with E-state index in [1.807, 2.05) is 0 Å². The Kier molecular flexibility index (Phi) is 2.88. The summed E-state index contributed by atoms with van der Waals surface area (Å²) in [4.78, 5) is 10.6. The Morgan fingerprint density at radius 1 is 1.75 bits per heavy atom. The zero-order valence-corrected chi connectivity index (χ0v) is 8.67. The number of aldehydes is 1. The quantitative estimate of drug-likeness (QED) is 0.727. The van der Waals surface area contributed by atoms with E-state index in [9.17, 15) is 4.79 Å². The first-order valence-electron chi connectivity index (χ1n) is 5.03. The lowest BCUT2D eigenvalue weighted by Crippen LogP contribution is -2.29. The second-order valence-corrected chi connectivity index (χ2v) is 3.73. The van der Waals surface area contributed by atoms with Crippen molar-refractivity contribution < 1.29 is 9.53 Å². The first kappa shape index (κ1) is 10.6. The zero-order valence-electron chi connectivity index (χ0n) is 8.67. The molecule has 16 heavy (non-hydrogen) atoms. The van der Waals surface area contributed by atoms with E-state index < -0.39 is 0 Å². The van der Waals surface area contributed by atoms with E-state index >= 15 is 0 Å². The average Bonchev–Trinajstić information content (AvgIpc) is 2.70. The lowest BCUT2D eigenvalue weighted by Gasteiger charge is -2.26. The van der Waals surface area contributed by atoms with E-state index in [1.165, 1.54) is 0 Å². The van der Waals surface area contributed by atoms with Crippen molar-refractivity contribution in [2.45, 2.75) is 12.5 Å². The molecule has 84 valence electrons. The first-order valence-corrected chi connectivity index (χ1v) is 5.03. The number of ether oxygens (including phenoxy) is 1. The van der Waals surface area contributed by atoms with Crippen LogP contribution >= 0.6 is 0 Å². The smallest absolute Gasteiger partial charge is 0.156 e. The molecular formula is C10H12N4O2. The van der Waals surface area contributed by atoms with Gasteiger partial charge < -0.3 is 10.5 Å². The predicted molar refractivity (Wildman–Crippen MR) is 55.6 cm³/mol. The minimum absolute atomic E-state index is 0.146. The molecular weight excluding hydrogens is 208 g/mol. The number of anilines is 1. The molecule has 0 aromatic carbocycles. The van der Waals surface area contributed by atoms with Crippen molar-refractivity contribution in [2.24, 2.45) is 5.92 Å². The minimum atomic E-state index is -0.158. The molecule has 0 saturated carbocycles. The highest BCUT2D eigenvalue weighted by atomic mass is 16.5. The summed E-state index contributed by atoms with van der Waals surface area (Å²) in [6.45, 7) is 1.02. The fraction of sp³-hybridized carbons (Fsp3) is 0.500. The van der Waals surface area contributed by atoms with Gasteiger partial charge in [-0.2, -0.15) is 10.4 Å². The van der Waals surface area contributed by atoms with Gasteiger partial charge >= 0.3 is 0 Å². The molecule has 6 nitrogen and oxygen atoms in total. The molecule has 2 atom stereocenters. The third kappa shape index (κ3) is 1.77. The molecule has 0 radical (unpaired) electrons. The summed E-state index contributed by atoms with van der Waals surface area (Å²) in [7, 11) is 0. The maximum atomic E-state index is 10.6. The van der Waals surface area contributed by atoms with Crippen molar-refractivity contribution in [3.05, 3.63) is 11.8 Å². The highest BCUT2D eigenvalue weighted by molar-refractivity contribution is 5.81. The Balaban J connectivity index is 2.28. The summed E-state index contributed by atoms with van der Waals surface area (Å²) in [6.07, 6.45) is 2.90. The van der Waals surface area contributed by atoms with E-state index in [0.717, 1.165) is 0 Å². The van der Waals surface area contributed by atoms with Crippen LogP contribution in [0.15, 0.2) is 6.20 Å². The van der Waals surface area contributed by atoms with Crippen LogP contribution in [-0.2, 0) is 4.74 Å². The van der Waals surface area contributed by atoms with Gasteiger partial charge in [-0.3, -0.25) is 9.48 Å². The summed E-state index contributed by atoms with van der Waals surface area (Å²) in [5.74, 6) is 0.0461. The van der Waals surface area contributed by atoms with E-state index in [-0.39, 0.29) is 17.8 Å². The Hall–Kier alpha value is -1.87. The predicted octanol–water partition coefficient (Wildman–Crippen LogP) is 0.379. The van der Waals surface area contributed by atoms with E-state index in [4.69, 9.17) is 15.7 Å². The van der Waals surface area contributed by atoms with Crippen molar-refractivity contribution >= 4 is 12.1 Å². The van der Waals surface area contributed by atoms with Crippen LogP contribution in [-0.4, -0.2) is 29.3 Å². The molecule has 1 saturated heterocycles. The molecule has 0 bridgehead atoms. The number of nitrogen functional groups attached to an aromatic ring is 1. The molecule has 1 aromatic rings. The molecule has 2 rings (SSSR count). The van der Waals surface area contributed by atoms with Crippen LogP contribution < -0.4 is 5.73 Å². The molecule has 6 heteroatoms. The number of hydrogen-bond donors (Lipinski definition) is 1. The first-order chi connectivity index (χ1) is 7.76. The van der Waals surface area contributed by atoms with Gasteiger partial charge in [-0.25, -0.2) is 0 Å². The SMILES string of the molecule is N#CC1CCOCC1n1cc(C=O)c(N)n1. The van der Waals surface area contributed by atoms with E-state index in [2.05, 4.69) is 11.2 Å². The third-order valence-electron chi connectivity index (χ3n) is 2.75. The lowest BCUT2D eigenvalue weighted by atomic mass is 9.97. The van der Waals surface area contributed by atoms with Crippen molar-refractivity contribution in [1.29, 1.82) is 5.26 Å². The van der Waals surface area contributed by atoms with Crippen molar-refractivity contribution in [3.63, 3.8) is 0 Å². The highest BCUT2D eigenvalue weighted by Gasteiger charge is 2.28. The number of nitrogens with two attached hydrogens (primary N) is 1. The number of nitriles is 1. The number of rotatable bonds is 2. The van der Waals surface area contributed by atoms with Crippen LogP contribution in [0.25, 0.3) is 0 Å². The largest absolute Gasteiger partial charge is 0.382 e. The van der Waals surface area contributed by atoms with Crippen molar-refractivity contribution in [2.75, 3.05) is 18.9 Å². The van der Waals surface area contributed by atoms with Crippen LogP contribution in [0.4, 0.5) is 5.82 Å². The summed E-state index contributed by atoms with van der Waals surface area (Å²) in [5, 5.41) is 13.0. The zero-order chi connectivity index (χ0) is 11.5. The van der Waals surface area contributed by atoms with Crippen LogP contribution in [0.5, 0.6) is 0 Å². The maximum absolute atomic E-state index is 10.6. The van der Waals surface area contributed by atoms with Crippen LogP contribution in [0.2, 0.25) is 0 Å². The Labute approximate surface area is 92.6 Å². The molecule has 2 heterocycles. The molecule has 1 fully saturated rings. The fourth-order valence-corrected chi connectivity index (χ4v) is 1.81. The maximum Gasteiger partial charge on any atom is 0.156 e. The van der Waals surface area contributed by atoms with Gasteiger partial charge in [0, 0.05) is 12.8 Å². The number of nitrogens with zero attached hydrogens (tertiary/aromatic N) is 3. The van der Waals surface area contributed by atoms with Gasteiger partial charge in [0.2, 0.25) is 0 Å². The van der Waals surface area contributed by atoms with Crippen LogP contribution in [0, 0.1) is 17.2 Å². The Bertz CT molecular complexity index is 435. The second kappa shape index (κ2) is 4.33. The summed E-state index contributed by atoms with van der Waals surface area (Å²) >= 11 is 0. The molecule has 0 spiro atoms. The van der Waals surface area contributed by atoms with Crippen molar-refractivity contribution in [3.8, 4) is 6.07 Å². The Morgan fingerprint density at radius 3 is 3.19 bits per heavy atom. The molecule has 1 aliphatic heterocycles. The standard InChI is InChI=1S/C10H12N4O2/c11-3-7-1-2-16-6-9(7)14-4-8(5-15)10(12)13-14/h4-5,7,9H,1-2,6H2,(H2,12,13). The van der Waals surface area contributed by atoms with E-state index in [0.29, 0.717) is 31.5 Å². The monoisotopic (exact) mass is 220 g/mol. The summed E-state index contributed by atoms with van der Waals surface area (Å²) in [5.41, 5.74) is 5.91. The number of carbonyl (C=O) groups excluding carboxylic acids is 1. The molecule has 2 N–H and O–H groups in total. The minimum Gasteiger partial charge on any atom is -0.382 e. The van der Waals surface area contributed by atoms with Crippen LogP contribution in [0.1, 0.15) is 22.8 Å². The molecule has 1 aliphatic rings. The summed E-state index contributed by atoms with van der Waals surface area (Å²) < 4.78 is 6.87. The van der Waals surface area contributed by atoms with Crippen LogP contribution in [0.3, 0.4) is 0 Å². The van der Waals surface area contributed by atoms with Gasteiger partial charge in [-0.05, 0) is 6.42 Å². The van der Waals surface area contributed by atoms with Gasteiger partial charge in [0.25, 0.3) is 0 Å². The number of aromatic nitrogens is 2. The second-order valence-electron chi connectivity index (χ2n) is 3.73. The van der Waals surface area contributed by atoms with Gasteiger partial charge in [0.15, 0.2) is 12.1 Å². The van der Waals surface area contributed by atoms with E-state index in [1.54, 1.807) is 10.9 Å². The van der Waals surface area contributed by atoms with Gasteiger partial charge in [0.1, 0.15) is 0 Å². The average molecular weight is 220 g/mol. The van der Waals surface area contributed by atoms with Crippen molar-refractivity contribution in [1.82, 2.24) is 9.78 Å². The lowest BCUT2D eigenvalue weighted by molar-refractivity contribution is 0.0342.